The average molecular weight is 490 g/mol. The zero-order chi connectivity index (χ0) is 26.3. The fraction of sp³-hybridized carbons (Fsp3) is 0.353. The van der Waals surface area contributed by atoms with Crippen molar-refractivity contribution in [2.45, 2.75) is 61.3 Å². The highest BCUT2D eigenvalue weighted by Gasteiger charge is 2.34. The van der Waals surface area contributed by atoms with Gasteiger partial charge in [-0.15, -0.1) is 0 Å². The van der Waals surface area contributed by atoms with Crippen LogP contribution in [0.4, 0.5) is 0 Å². The number of hydrogen-bond donors (Lipinski definition) is 0. The minimum Gasteiger partial charge on any atom is -0.455 e. The van der Waals surface area contributed by atoms with Crippen LogP contribution in [0.3, 0.4) is 0 Å². The molecule has 1 aliphatic rings. The molecule has 2 aromatic heterocycles. The van der Waals surface area contributed by atoms with Gasteiger partial charge in [-0.25, -0.2) is 4.57 Å². The highest BCUT2D eigenvalue weighted by Crippen LogP contribution is 2.52. The van der Waals surface area contributed by atoms with E-state index in [0.29, 0.717) is 0 Å². The lowest BCUT2D eigenvalue weighted by Crippen LogP contribution is -2.32. The lowest BCUT2D eigenvalue weighted by atomic mass is 9.82. The van der Waals surface area contributed by atoms with Gasteiger partial charge in [0.25, 0.3) is 0 Å². The van der Waals surface area contributed by atoms with Crippen molar-refractivity contribution in [3.8, 4) is 22.8 Å². The molecule has 0 unspecified atom stereocenters. The highest BCUT2D eigenvalue weighted by molar-refractivity contribution is 6.16. The van der Waals surface area contributed by atoms with Crippen molar-refractivity contribution in [2.75, 3.05) is 0 Å². The molecule has 0 saturated heterocycles. The van der Waals surface area contributed by atoms with Gasteiger partial charge in [0.1, 0.15) is 18.5 Å². The first-order valence-corrected chi connectivity index (χ1v) is 13.4. The van der Waals surface area contributed by atoms with Gasteiger partial charge in [0.2, 0.25) is 5.69 Å². The largest absolute Gasteiger partial charge is 0.455 e. The fourth-order valence-corrected chi connectivity index (χ4v) is 6.16. The quantitative estimate of drug-likeness (QED) is 0.180. The number of ether oxygens (including phenoxy) is 1. The van der Waals surface area contributed by atoms with E-state index < -0.39 is 0 Å². The molecule has 1 aliphatic heterocycles. The number of benzene rings is 3. The van der Waals surface area contributed by atoms with Crippen LogP contribution in [0.5, 0.6) is 11.5 Å². The Morgan fingerprint density at radius 1 is 0.838 bits per heavy atom. The lowest BCUT2D eigenvalue weighted by molar-refractivity contribution is -0.659. The fourth-order valence-electron chi connectivity index (χ4n) is 6.16. The molecular formula is C34H37N2O+. The van der Waals surface area contributed by atoms with E-state index in [-0.39, 0.29) is 10.8 Å². The van der Waals surface area contributed by atoms with Gasteiger partial charge >= 0.3 is 0 Å². The van der Waals surface area contributed by atoms with Crippen LogP contribution in [0.25, 0.3) is 43.6 Å². The molecule has 0 atom stereocenters. The second-order valence-corrected chi connectivity index (χ2v) is 13.3. The first kappa shape index (κ1) is 23.9. The van der Waals surface area contributed by atoms with Crippen LogP contribution in [0.15, 0.2) is 55.0 Å². The van der Waals surface area contributed by atoms with Gasteiger partial charge in [-0.05, 0) is 70.0 Å². The Labute approximate surface area is 220 Å². The van der Waals surface area contributed by atoms with Crippen LogP contribution >= 0.6 is 0 Å². The Hall–Kier alpha value is -3.46. The van der Waals surface area contributed by atoms with E-state index in [4.69, 9.17) is 4.74 Å². The van der Waals surface area contributed by atoms with Crippen LogP contribution in [-0.2, 0) is 19.9 Å². The van der Waals surface area contributed by atoms with E-state index in [2.05, 4.69) is 108 Å². The molecule has 0 fully saturated rings. The summed E-state index contributed by atoms with van der Waals surface area (Å²) < 4.78 is 9.25. The van der Waals surface area contributed by atoms with Crippen molar-refractivity contribution >= 4 is 32.3 Å². The number of aryl methyl sites for hydroxylation is 2. The standard InChI is InChI=1S/C34H37N2O/c1-20-27-19-35-13-11-24(27)26(18-34(5,6)7)32-29(20)31-30-25(12-14-36(31)8)23-10-9-21(17-33(2,3)4)15-22(23)16-28(30)37-32/h9-16,19H,17-18H2,1-8H3/q+1. The first-order chi connectivity index (χ1) is 17.4. The van der Waals surface area contributed by atoms with Gasteiger partial charge < -0.3 is 4.74 Å². The average Bonchev–Trinajstić information content (AvgIpc) is 2.81. The molecule has 0 radical (unpaired) electrons. The van der Waals surface area contributed by atoms with Crippen LogP contribution in [-0.4, -0.2) is 4.98 Å². The highest BCUT2D eigenvalue weighted by atomic mass is 16.5. The van der Waals surface area contributed by atoms with Crippen LogP contribution < -0.4 is 9.30 Å². The molecule has 5 aromatic rings. The number of pyridine rings is 2. The molecule has 0 amide bonds. The summed E-state index contributed by atoms with van der Waals surface area (Å²) in [7, 11) is 2.15. The Morgan fingerprint density at radius 2 is 1.59 bits per heavy atom. The summed E-state index contributed by atoms with van der Waals surface area (Å²) in [5.41, 5.74) is 6.65. The van der Waals surface area contributed by atoms with Crippen molar-refractivity contribution in [3.63, 3.8) is 0 Å². The number of hydrogen-bond acceptors (Lipinski definition) is 2. The summed E-state index contributed by atoms with van der Waals surface area (Å²) in [6.07, 6.45) is 8.10. The summed E-state index contributed by atoms with van der Waals surface area (Å²) in [5.74, 6) is 1.96. The van der Waals surface area contributed by atoms with Crippen LogP contribution in [0.2, 0.25) is 0 Å². The molecular weight excluding hydrogens is 452 g/mol. The van der Waals surface area contributed by atoms with E-state index in [1.807, 2.05) is 12.4 Å². The number of aromatic nitrogens is 2. The lowest BCUT2D eigenvalue weighted by Gasteiger charge is -2.28. The van der Waals surface area contributed by atoms with Gasteiger partial charge in [0.15, 0.2) is 6.20 Å². The predicted molar refractivity (Wildman–Crippen MR) is 154 cm³/mol. The SMILES string of the molecule is Cc1c2c(c(CC(C)(C)C)c3ccncc13)Oc1cc3cc(CC(C)(C)C)ccc3c3cc[n+](C)c-2c13. The minimum atomic E-state index is 0.113. The predicted octanol–water partition coefficient (Wildman–Crippen LogP) is 8.62. The molecule has 188 valence electrons. The third kappa shape index (κ3) is 3.96. The molecule has 3 nitrogen and oxygen atoms in total. The maximum absolute atomic E-state index is 6.99. The normalized spacial score (nSPS) is 13.3. The summed E-state index contributed by atoms with van der Waals surface area (Å²) in [6, 6.07) is 13.6. The molecule has 0 aliphatic carbocycles. The van der Waals surface area contributed by atoms with Crippen molar-refractivity contribution in [3.05, 3.63) is 71.7 Å². The van der Waals surface area contributed by atoms with Gasteiger partial charge in [-0.2, -0.15) is 0 Å². The monoisotopic (exact) mass is 489 g/mol. The van der Waals surface area contributed by atoms with Crippen molar-refractivity contribution < 1.29 is 9.30 Å². The number of rotatable bonds is 2. The van der Waals surface area contributed by atoms with Gasteiger partial charge in [0.05, 0.1) is 10.9 Å². The smallest absolute Gasteiger partial charge is 0.228 e. The Morgan fingerprint density at radius 3 is 2.32 bits per heavy atom. The molecule has 0 bridgehead atoms. The molecule has 37 heavy (non-hydrogen) atoms. The van der Waals surface area contributed by atoms with E-state index >= 15 is 0 Å². The Balaban J connectivity index is 1.71. The molecule has 0 saturated carbocycles. The summed E-state index contributed by atoms with van der Waals surface area (Å²) in [5, 5.41) is 7.41. The van der Waals surface area contributed by atoms with Gasteiger partial charge in [0, 0.05) is 34.8 Å². The Kier molecular flexibility index (Phi) is 5.18. The third-order valence-electron chi connectivity index (χ3n) is 7.58. The van der Waals surface area contributed by atoms with Crippen LogP contribution in [0.1, 0.15) is 58.2 Å². The Bertz CT molecular complexity index is 1730. The molecule has 0 N–H and O–H groups in total. The van der Waals surface area contributed by atoms with E-state index in [1.165, 1.54) is 60.3 Å². The van der Waals surface area contributed by atoms with E-state index in [1.54, 1.807) is 0 Å². The summed E-state index contributed by atoms with van der Waals surface area (Å²) in [4.78, 5) is 4.50. The first-order valence-electron chi connectivity index (χ1n) is 13.4. The van der Waals surface area contributed by atoms with E-state index in [9.17, 15) is 0 Å². The summed E-state index contributed by atoms with van der Waals surface area (Å²) in [6.45, 7) is 16.0. The topological polar surface area (TPSA) is 26.0 Å². The van der Waals surface area contributed by atoms with Crippen molar-refractivity contribution in [2.24, 2.45) is 17.9 Å². The molecule has 3 heteroatoms. The minimum absolute atomic E-state index is 0.113. The van der Waals surface area contributed by atoms with Crippen molar-refractivity contribution in [1.29, 1.82) is 0 Å². The van der Waals surface area contributed by atoms with Gasteiger partial charge in [-0.1, -0.05) is 59.7 Å². The number of nitrogens with zero attached hydrogens (tertiary/aromatic N) is 2. The second kappa shape index (κ2) is 8.02. The number of fused-ring (bicyclic) bond motifs is 5. The summed E-state index contributed by atoms with van der Waals surface area (Å²) >= 11 is 0. The van der Waals surface area contributed by atoms with Crippen LogP contribution in [0, 0.1) is 17.8 Å². The maximum atomic E-state index is 6.99. The maximum Gasteiger partial charge on any atom is 0.228 e. The zero-order valence-electron chi connectivity index (χ0n) is 23.4. The second-order valence-electron chi connectivity index (χ2n) is 13.3. The molecule has 3 heterocycles. The zero-order valence-corrected chi connectivity index (χ0v) is 23.4. The van der Waals surface area contributed by atoms with Crippen molar-refractivity contribution in [1.82, 2.24) is 4.98 Å². The third-order valence-corrected chi connectivity index (χ3v) is 7.58. The molecule has 0 spiro atoms. The molecule has 6 rings (SSSR count). The van der Waals surface area contributed by atoms with E-state index in [0.717, 1.165) is 24.3 Å². The van der Waals surface area contributed by atoms with Gasteiger partial charge in [-0.3, -0.25) is 4.98 Å². The molecule has 3 aromatic carbocycles.